The Kier molecular flexibility index (Phi) is 6.34. The van der Waals surface area contributed by atoms with Gasteiger partial charge in [-0.25, -0.2) is 4.79 Å². The quantitative estimate of drug-likeness (QED) is 0.649. The van der Waals surface area contributed by atoms with Crippen LogP contribution in [0.15, 0.2) is 0 Å². The Morgan fingerprint density at radius 1 is 1.00 bits per heavy atom. The fourth-order valence-corrected chi connectivity index (χ4v) is 1.79. The lowest BCUT2D eigenvalue weighted by atomic mass is 10.4. The summed E-state index contributed by atoms with van der Waals surface area (Å²) in [6, 6.07) is -0.484. The molecule has 18 heavy (non-hydrogen) atoms. The lowest BCUT2D eigenvalue weighted by molar-refractivity contribution is -0.152. The van der Waals surface area contributed by atoms with Crippen molar-refractivity contribution in [2.75, 3.05) is 26.7 Å². The summed E-state index contributed by atoms with van der Waals surface area (Å²) >= 11 is 0. The van der Waals surface area contributed by atoms with Crippen LogP contribution < -0.4 is 0 Å². The zero-order valence-electron chi connectivity index (χ0n) is 10.9. The van der Waals surface area contributed by atoms with Crippen LogP contribution in [0, 0.1) is 0 Å². The smallest absolute Gasteiger partial charge is 0.328 e. The van der Waals surface area contributed by atoms with E-state index in [2.05, 4.69) is 0 Å². The Bertz CT molecular complexity index is 240. The van der Waals surface area contributed by atoms with Crippen molar-refractivity contribution in [3.63, 3.8) is 0 Å². The minimum absolute atomic E-state index is 0.458. The Morgan fingerprint density at radius 2 is 1.39 bits per heavy atom. The number of hydrogen-bond acceptors (Lipinski definition) is 5. The standard InChI is InChI=1S/C11H22N2O5/c1-3-5-17-9-10(18-6-4-2)13(8-15)11(16)12(9)7-14/h9-10,14-15H,3-8H2,1-2H3. The number of carbonyl (C=O) groups is 1. The molecule has 0 radical (unpaired) electrons. The fraction of sp³-hybridized carbons (Fsp3) is 0.909. The van der Waals surface area contributed by atoms with Crippen molar-refractivity contribution in [2.24, 2.45) is 0 Å². The molecular weight excluding hydrogens is 240 g/mol. The summed E-state index contributed by atoms with van der Waals surface area (Å²) in [4.78, 5) is 14.2. The molecule has 0 saturated carbocycles. The first-order chi connectivity index (χ1) is 8.71. The second-order valence-corrected chi connectivity index (χ2v) is 4.03. The van der Waals surface area contributed by atoms with Crippen molar-refractivity contribution in [3.05, 3.63) is 0 Å². The van der Waals surface area contributed by atoms with Crippen LogP contribution in [0.3, 0.4) is 0 Å². The minimum Gasteiger partial charge on any atom is -0.376 e. The molecule has 0 aromatic heterocycles. The first kappa shape index (κ1) is 15.2. The third-order valence-corrected chi connectivity index (χ3v) is 2.64. The van der Waals surface area contributed by atoms with Crippen LogP contribution in [0.2, 0.25) is 0 Å². The van der Waals surface area contributed by atoms with Gasteiger partial charge >= 0.3 is 6.03 Å². The predicted molar refractivity (Wildman–Crippen MR) is 63.3 cm³/mol. The third-order valence-electron chi connectivity index (χ3n) is 2.64. The van der Waals surface area contributed by atoms with Crippen molar-refractivity contribution in [1.29, 1.82) is 0 Å². The molecule has 0 aliphatic carbocycles. The summed E-state index contributed by atoms with van der Waals surface area (Å²) in [6.07, 6.45) is 0.231. The van der Waals surface area contributed by atoms with E-state index in [9.17, 15) is 15.0 Å². The number of aliphatic hydroxyl groups excluding tert-OH is 2. The van der Waals surface area contributed by atoms with Gasteiger partial charge < -0.3 is 19.7 Å². The van der Waals surface area contributed by atoms with Gasteiger partial charge in [-0.3, -0.25) is 9.80 Å². The molecule has 2 amide bonds. The van der Waals surface area contributed by atoms with Gasteiger partial charge in [0.05, 0.1) is 0 Å². The van der Waals surface area contributed by atoms with Crippen LogP contribution in [0.25, 0.3) is 0 Å². The molecule has 2 unspecified atom stereocenters. The van der Waals surface area contributed by atoms with E-state index >= 15 is 0 Å². The Labute approximate surface area is 107 Å². The van der Waals surface area contributed by atoms with Gasteiger partial charge in [-0.15, -0.1) is 0 Å². The van der Waals surface area contributed by atoms with E-state index in [0.29, 0.717) is 13.2 Å². The number of nitrogens with zero attached hydrogens (tertiary/aromatic N) is 2. The predicted octanol–water partition coefficient (Wildman–Crippen LogP) is 0.129. The van der Waals surface area contributed by atoms with Crippen molar-refractivity contribution in [1.82, 2.24) is 9.80 Å². The fourth-order valence-electron chi connectivity index (χ4n) is 1.79. The lowest BCUT2D eigenvalue weighted by Crippen LogP contribution is -2.42. The topological polar surface area (TPSA) is 82.5 Å². The highest BCUT2D eigenvalue weighted by molar-refractivity contribution is 5.77. The Morgan fingerprint density at radius 3 is 1.67 bits per heavy atom. The summed E-state index contributed by atoms with van der Waals surface area (Å²) < 4.78 is 11.1. The van der Waals surface area contributed by atoms with E-state index in [-0.39, 0.29) is 0 Å². The van der Waals surface area contributed by atoms with E-state index < -0.39 is 31.9 Å². The van der Waals surface area contributed by atoms with Gasteiger partial charge in [-0.2, -0.15) is 0 Å². The molecule has 1 aliphatic rings. The van der Waals surface area contributed by atoms with Crippen molar-refractivity contribution >= 4 is 6.03 Å². The van der Waals surface area contributed by atoms with Gasteiger partial charge in [0, 0.05) is 13.2 Å². The average Bonchev–Trinajstić information content (AvgIpc) is 2.64. The maximum Gasteiger partial charge on any atom is 0.328 e. The van der Waals surface area contributed by atoms with Crippen molar-refractivity contribution < 1.29 is 24.5 Å². The monoisotopic (exact) mass is 262 g/mol. The lowest BCUT2D eigenvalue weighted by Gasteiger charge is -2.26. The second-order valence-electron chi connectivity index (χ2n) is 4.03. The highest BCUT2D eigenvalue weighted by Crippen LogP contribution is 2.24. The zero-order valence-corrected chi connectivity index (χ0v) is 10.9. The molecular formula is C11H22N2O5. The summed E-state index contributed by atoms with van der Waals surface area (Å²) in [5.41, 5.74) is 0. The van der Waals surface area contributed by atoms with E-state index in [1.54, 1.807) is 0 Å². The first-order valence-electron chi connectivity index (χ1n) is 6.23. The van der Waals surface area contributed by atoms with Crippen LogP contribution in [0.4, 0.5) is 4.79 Å². The van der Waals surface area contributed by atoms with Gasteiger partial charge in [0.25, 0.3) is 0 Å². The van der Waals surface area contributed by atoms with Gasteiger partial charge in [-0.1, -0.05) is 13.8 Å². The number of ether oxygens (including phenoxy) is 2. The number of amides is 2. The molecule has 2 N–H and O–H groups in total. The van der Waals surface area contributed by atoms with Crippen LogP contribution in [0.5, 0.6) is 0 Å². The van der Waals surface area contributed by atoms with E-state index in [4.69, 9.17) is 9.47 Å². The number of urea groups is 1. The van der Waals surface area contributed by atoms with Gasteiger partial charge in [-0.05, 0) is 12.8 Å². The third kappa shape index (κ3) is 3.11. The zero-order chi connectivity index (χ0) is 13.5. The van der Waals surface area contributed by atoms with Crippen molar-refractivity contribution in [3.8, 4) is 0 Å². The highest BCUT2D eigenvalue weighted by atomic mass is 16.6. The Hall–Kier alpha value is -0.890. The number of hydrogen-bond donors (Lipinski definition) is 2. The van der Waals surface area contributed by atoms with Crippen LogP contribution in [0.1, 0.15) is 26.7 Å². The average molecular weight is 262 g/mol. The second kappa shape index (κ2) is 7.52. The number of carbonyl (C=O) groups excluding carboxylic acids is 1. The first-order valence-corrected chi connectivity index (χ1v) is 6.23. The molecule has 106 valence electrons. The van der Waals surface area contributed by atoms with Crippen molar-refractivity contribution in [2.45, 2.75) is 39.1 Å². The summed E-state index contributed by atoms with van der Waals surface area (Å²) in [6.45, 7) is 3.89. The maximum atomic E-state index is 11.9. The van der Waals surface area contributed by atoms with E-state index in [0.717, 1.165) is 22.6 Å². The van der Waals surface area contributed by atoms with E-state index in [1.165, 1.54) is 0 Å². The highest BCUT2D eigenvalue weighted by Gasteiger charge is 2.46. The molecule has 0 aromatic rings. The minimum atomic E-state index is -0.679. The summed E-state index contributed by atoms with van der Waals surface area (Å²) in [5, 5.41) is 18.4. The van der Waals surface area contributed by atoms with Gasteiger partial charge in [0.2, 0.25) is 0 Å². The molecule has 2 atom stereocenters. The normalized spacial score (nSPS) is 24.1. The van der Waals surface area contributed by atoms with Gasteiger partial charge in [0.1, 0.15) is 13.5 Å². The van der Waals surface area contributed by atoms with Crippen LogP contribution in [-0.2, 0) is 9.47 Å². The van der Waals surface area contributed by atoms with Gasteiger partial charge in [0.15, 0.2) is 12.5 Å². The molecule has 1 heterocycles. The molecule has 0 bridgehead atoms. The maximum absolute atomic E-state index is 11.9. The number of rotatable bonds is 8. The Balaban J connectivity index is 2.79. The molecule has 1 fully saturated rings. The molecule has 0 aromatic carbocycles. The molecule has 1 aliphatic heterocycles. The van der Waals surface area contributed by atoms with E-state index in [1.807, 2.05) is 13.8 Å². The summed E-state index contributed by atoms with van der Waals surface area (Å²) in [5.74, 6) is 0. The molecule has 1 rings (SSSR count). The molecule has 7 nitrogen and oxygen atoms in total. The van der Waals surface area contributed by atoms with Crippen LogP contribution >= 0.6 is 0 Å². The summed E-state index contributed by atoms with van der Waals surface area (Å²) in [7, 11) is 0. The number of aliphatic hydroxyl groups is 2. The largest absolute Gasteiger partial charge is 0.376 e. The molecule has 0 spiro atoms. The molecule has 1 saturated heterocycles. The SMILES string of the molecule is CCCOC1C(OCCC)N(CO)C(=O)N1CO. The van der Waals surface area contributed by atoms with Crippen LogP contribution in [-0.4, -0.2) is 65.2 Å². The molecule has 7 heteroatoms.